The van der Waals surface area contributed by atoms with Crippen molar-refractivity contribution in [3.05, 3.63) is 59.2 Å². The van der Waals surface area contributed by atoms with Gasteiger partial charge in [0.05, 0.1) is 6.04 Å². The molecule has 1 aliphatic rings. The van der Waals surface area contributed by atoms with Crippen LogP contribution in [0.25, 0.3) is 0 Å². The van der Waals surface area contributed by atoms with Crippen molar-refractivity contribution in [1.82, 2.24) is 5.32 Å². The van der Waals surface area contributed by atoms with Gasteiger partial charge >= 0.3 is 0 Å². The van der Waals surface area contributed by atoms with Crippen LogP contribution in [0.2, 0.25) is 0 Å². The number of benzene rings is 2. The molecule has 2 aromatic carbocycles. The topological polar surface area (TPSA) is 47.6 Å². The number of carbonyl (C=O) groups excluding carboxylic acids is 1. The predicted octanol–water partition coefficient (Wildman–Crippen LogP) is 5.09. The van der Waals surface area contributed by atoms with E-state index in [1.54, 1.807) is 0 Å². The van der Waals surface area contributed by atoms with E-state index < -0.39 is 0 Å². The van der Waals surface area contributed by atoms with Crippen LogP contribution in [0.4, 0.5) is 0 Å². The van der Waals surface area contributed by atoms with E-state index in [4.69, 9.17) is 9.47 Å². The summed E-state index contributed by atoms with van der Waals surface area (Å²) < 4.78 is 11.8. The molecule has 1 amide bonds. The van der Waals surface area contributed by atoms with Gasteiger partial charge in [-0.15, -0.1) is 0 Å². The molecule has 4 heteroatoms. The summed E-state index contributed by atoms with van der Waals surface area (Å²) in [4.78, 5) is 12.5. The molecule has 0 spiro atoms. The van der Waals surface area contributed by atoms with Crippen molar-refractivity contribution in [2.24, 2.45) is 0 Å². The Bertz CT molecular complexity index is 847. The minimum atomic E-state index is -0.330. The summed E-state index contributed by atoms with van der Waals surface area (Å²) in [5.41, 5.74) is 3.18. The Morgan fingerprint density at radius 2 is 1.86 bits per heavy atom. The number of hydrogen-bond acceptors (Lipinski definition) is 3. The molecular formula is C24H31NO3. The van der Waals surface area contributed by atoms with E-state index in [2.05, 4.69) is 32.2 Å². The molecule has 3 rings (SSSR count). The molecule has 0 saturated carbocycles. The van der Waals surface area contributed by atoms with Crippen molar-refractivity contribution >= 4 is 5.91 Å². The van der Waals surface area contributed by atoms with Crippen LogP contribution in [0.15, 0.2) is 42.5 Å². The third kappa shape index (κ3) is 4.86. The van der Waals surface area contributed by atoms with Crippen LogP contribution in [-0.2, 0) is 10.2 Å². The van der Waals surface area contributed by atoms with Crippen LogP contribution in [0.1, 0.15) is 63.8 Å². The second-order valence-electron chi connectivity index (χ2n) is 9.29. The standard InChI is InChI=1S/C24H31NO3/c1-16-7-12-21-19(13-16)20(14-24(5,6)28-21)25-22(26)15-27-18-10-8-17(9-11-18)23(2,3)4/h7-13,20H,14-15H2,1-6H3,(H,25,26)/t20-/m0/s1. The van der Waals surface area contributed by atoms with Gasteiger partial charge < -0.3 is 14.8 Å². The minimum absolute atomic E-state index is 0.00615. The fourth-order valence-electron chi connectivity index (χ4n) is 3.54. The first kappa shape index (κ1) is 20.2. The van der Waals surface area contributed by atoms with Crippen LogP contribution in [0.5, 0.6) is 11.5 Å². The molecule has 0 bridgehead atoms. The van der Waals surface area contributed by atoms with Crippen molar-refractivity contribution in [2.45, 2.75) is 65.0 Å². The van der Waals surface area contributed by atoms with Gasteiger partial charge in [-0.3, -0.25) is 4.79 Å². The van der Waals surface area contributed by atoms with Crippen LogP contribution >= 0.6 is 0 Å². The van der Waals surface area contributed by atoms with Crippen molar-refractivity contribution in [3.63, 3.8) is 0 Å². The van der Waals surface area contributed by atoms with E-state index in [0.29, 0.717) is 5.75 Å². The zero-order valence-electron chi connectivity index (χ0n) is 17.8. The first-order chi connectivity index (χ1) is 13.0. The molecular weight excluding hydrogens is 350 g/mol. The summed E-state index contributed by atoms with van der Waals surface area (Å²) >= 11 is 0. The fourth-order valence-corrected chi connectivity index (χ4v) is 3.54. The number of carbonyl (C=O) groups is 1. The average Bonchev–Trinajstić information content (AvgIpc) is 2.59. The van der Waals surface area contributed by atoms with Gasteiger partial charge in [0.15, 0.2) is 6.61 Å². The molecule has 0 fully saturated rings. The van der Waals surface area contributed by atoms with E-state index in [1.165, 1.54) is 5.56 Å². The Balaban J connectivity index is 1.64. The monoisotopic (exact) mass is 381 g/mol. The summed E-state index contributed by atoms with van der Waals surface area (Å²) in [7, 11) is 0. The number of aryl methyl sites for hydroxylation is 1. The zero-order valence-corrected chi connectivity index (χ0v) is 17.8. The lowest BCUT2D eigenvalue weighted by Crippen LogP contribution is -2.42. The first-order valence-corrected chi connectivity index (χ1v) is 9.86. The molecule has 28 heavy (non-hydrogen) atoms. The van der Waals surface area contributed by atoms with Gasteiger partial charge in [0.2, 0.25) is 0 Å². The van der Waals surface area contributed by atoms with Crippen molar-refractivity contribution < 1.29 is 14.3 Å². The Labute approximate surface area is 168 Å². The number of amides is 1. The Morgan fingerprint density at radius 3 is 2.50 bits per heavy atom. The molecule has 0 aromatic heterocycles. The third-order valence-electron chi connectivity index (χ3n) is 5.05. The van der Waals surface area contributed by atoms with E-state index in [-0.39, 0.29) is 29.6 Å². The Kier molecular flexibility index (Phi) is 5.42. The van der Waals surface area contributed by atoms with Crippen molar-refractivity contribution in [3.8, 4) is 11.5 Å². The number of ether oxygens (including phenoxy) is 2. The highest BCUT2D eigenvalue weighted by Crippen LogP contribution is 2.39. The highest BCUT2D eigenvalue weighted by atomic mass is 16.5. The maximum Gasteiger partial charge on any atom is 0.258 e. The smallest absolute Gasteiger partial charge is 0.258 e. The summed E-state index contributed by atoms with van der Waals surface area (Å²) in [5.74, 6) is 1.41. The maximum absolute atomic E-state index is 12.5. The van der Waals surface area contributed by atoms with Gasteiger partial charge in [-0.2, -0.15) is 0 Å². The number of rotatable bonds is 4. The van der Waals surface area contributed by atoms with E-state index >= 15 is 0 Å². The lowest BCUT2D eigenvalue weighted by Gasteiger charge is -2.38. The van der Waals surface area contributed by atoms with Gasteiger partial charge in [0.1, 0.15) is 17.1 Å². The van der Waals surface area contributed by atoms with E-state index in [0.717, 1.165) is 23.3 Å². The number of fused-ring (bicyclic) bond motifs is 1. The summed E-state index contributed by atoms with van der Waals surface area (Å²) in [6.07, 6.45) is 0.718. The highest BCUT2D eigenvalue weighted by Gasteiger charge is 2.34. The summed E-state index contributed by atoms with van der Waals surface area (Å²) in [6.45, 7) is 12.6. The fraction of sp³-hybridized carbons (Fsp3) is 0.458. The SMILES string of the molecule is Cc1ccc2c(c1)[C@@H](NC(=O)COc1ccc(C(C)(C)C)cc1)CC(C)(C)O2. The Hall–Kier alpha value is -2.49. The average molecular weight is 382 g/mol. The zero-order chi connectivity index (χ0) is 20.5. The summed E-state index contributed by atoms with van der Waals surface area (Å²) in [6, 6.07) is 14.0. The molecule has 0 saturated heterocycles. The predicted molar refractivity (Wildman–Crippen MR) is 112 cm³/mol. The lowest BCUT2D eigenvalue weighted by molar-refractivity contribution is -0.124. The van der Waals surface area contributed by atoms with Crippen molar-refractivity contribution in [2.75, 3.05) is 6.61 Å². The molecule has 0 radical (unpaired) electrons. The molecule has 1 N–H and O–H groups in total. The molecule has 2 aromatic rings. The van der Waals surface area contributed by atoms with Crippen LogP contribution in [0.3, 0.4) is 0 Å². The van der Waals surface area contributed by atoms with Gasteiger partial charge in [-0.05, 0) is 49.9 Å². The largest absolute Gasteiger partial charge is 0.487 e. The normalized spacial score (nSPS) is 18.0. The third-order valence-corrected chi connectivity index (χ3v) is 5.05. The minimum Gasteiger partial charge on any atom is -0.487 e. The van der Waals surface area contributed by atoms with E-state index in [9.17, 15) is 4.79 Å². The Morgan fingerprint density at radius 1 is 1.18 bits per heavy atom. The number of hydrogen-bond donors (Lipinski definition) is 1. The quantitative estimate of drug-likeness (QED) is 0.802. The number of nitrogens with one attached hydrogen (secondary N) is 1. The summed E-state index contributed by atoms with van der Waals surface area (Å²) in [5, 5.41) is 3.12. The van der Waals surface area contributed by atoms with Gasteiger partial charge in [0.25, 0.3) is 5.91 Å². The van der Waals surface area contributed by atoms with Gasteiger partial charge in [0, 0.05) is 12.0 Å². The molecule has 1 aliphatic heterocycles. The van der Waals surface area contributed by atoms with Crippen molar-refractivity contribution in [1.29, 1.82) is 0 Å². The maximum atomic E-state index is 12.5. The molecule has 150 valence electrons. The van der Waals surface area contributed by atoms with Crippen LogP contribution < -0.4 is 14.8 Å². The second-order valence-corrected chi connectivity index (χ2v) is 9.29. The van der Waals surface area contributed by atoms with Crippen LogP contribution in [0, 0.1) is 6.92 Å². The molecule has 0 aliphatic carbocycles. The van der Waals surface area contributed by atoms with Gasteiger partial charge in [-0.1, -0.05) is 50.6 Å². The second kappa shape index (κ2) is 7.50. The molecule has 0 unspecified atom stereocenters. The van der Waals surface area contributed by atoms with Gasteiger partial charge in [-0.25, -0.2) is 0 Å². The molecule has 1 atom stereocenters. The molecule has 4 nitrogen and oxygen atoms in total. The lowest BCUT2D eigenvalue weighted by atomic mass is 9.87. The van der Waals surface area contributed by atoms with E-state index in [1.807, 2.05) is 57.2 Å². The molecule has 1 heterocycles. The first-order valence-electron chi connectivity index (χ1n) is 9.86. The van der Waals surface area contributed by atoms with Crippen LogP contribution in [-0.4, -0.2) is 18.1 Å². The highest BCUT2D eigenvalue weighted by molar-refractivity contribution is 5.78.